The molecule has 0 unspecified atom stereocenters. The van der Waals surface area contributed by atoms with Crippen molar-refractivity contribution < 1.29 is 9.47 Å². The summed E-state index contributed by atoms with van der Waals surface area (Å²) in [4.78, 5) is 0. The van der Waals surface area contributed by atoms with E-state index >= 15 is 0 Å². The Morgan fingerprint density at radius 3 is 2.50 bits per heavy atom. The summed E-state index contributed by atoms with van der Waals surface area (Å²) >= 11 is 3.54. The molecule has 1 aromatic rings. The van der Waals surface area contributed by atoms with E-state index in [-0.39, 0.29) is 0 Å². The van der Waals surface area contributed by atoms with Crippen molar-refractivity contribution in [2.75, 3.05) is 20.8 Å². The molecule has 0 spiro atoms. The minimum absolute atomic E-state index is 0.732. The first kappa shape index (κ1) is 13.3. The number of rotatable bonds is 6. The minimum Gasteiger partial charge on any atom is -0.497 e. The molecule has 0 atom stereocenters. The highest BCUT2D eigenvalue weighted by atomic mass is 79.9. The van der Waals surface area contributed by atoms with Crippen LogP contribution in [0.2, 0.25) is 0 Å². The number of hydrogen-bond acceptors (Lipinski definition) is 3. The Bertz CT molecular complexity index is 342. The number of ether oxygens (including phenoxy) is 2. The smallest absolute Gasteiger partial charge is 0.126 e. The van der Waals surface area contributed by atoms with Crippen molar-refractivity contribution in [3.05, 3.63) is 22.2 Å². The highest BCUT2D eigenvalue weighted by Gasteiger charge is 2.09. The summed E-state index contributed by atoms with van der Waals surface area (Å²) in [6.07, 6.45) is 3.06. The number of halogens is 1. The molecule has 0 aliphatic rings. The molecule has 1 aromatic carbocycles. The van der Waals surface area contributed by atoms with E-state index in [1.807, 2.05) is 12.1 Å². The fourth-order valence-corrected chi connectivity index (χ4v) is 2.20. The van der Waals surface area contributed by atoms with E-state index in [1.165, 1.54) is 5.56 Å². The number of unbranched alkanes of at least 4 members (excludes halogenated alkanes) is 1. The van der Waals surface area contributed by atoms with E-state index in [4.69, 9.17) is 15.2 Å². The molecular formula is C12H18BrNO2. The van der Waals surface area contributed by atoms with E-state index < -0.39 is 0 Å². The van der Waals surface area contributed by atoms with Crippen molar-refractivity contribution >= 4 is 15.9 Å². The van der Waals surface area contributed by atoms with Crippen LogP contribution in [0.1, 0.15) is 18.4 Å². The summed E-state index contributed by atoms with van der Waals surface area (Å²) in [5, 5.41) is 0. The predicted molar refractivity (Wildman–Crippen MR) is 69.2 cm³/mol. The van der Waals surface area contributed by atoms with Gasteiger partial charge in [0.15, 0.2) is 0 Å². The van der Waals surface area contributed by atoms with Gasteiger partial charge in [-0.2, -0.15) is 0 Å². The maximum Gasteiger partial charge on any atom is 0.126 e. The fourth-order valence-electron chi connectivity index (χ4n) is 1.58. The van der Waals surface area contributed by atoms with Crippen LogP contribution in [0.25, 0.3) is 0 Å². The average molecular weight is 288 g/mol. The van der Waals surface area contributed by atoms with Crippen LogP contribution in [0.5, 0.6) is 11.5 Å². The van der Waals surface area contributed by atoms with Crippen LogP contribution in [0, 0.1) is 0 Å². The SMILES string of the molecule is COc1cc(Br)c(CCCCN)c(OC)c1. The van der Waals surface area contributed by atoms with E-state index in [1.54, 1.807) is 14.2 Å². The molecule has 90 valence electrons. The maximum atomic E-state index is 5.48. The van der Waals surface area contributed by atoms with Crippen LogP contribution < -0.4 is 15.2 Å². The van der Waals surface area contributed by atoms with Gasteiger partial charge in [0.05, 0.1) is 14.2 Å². The topological polar surface area (TPSA) is 44.5 Å². The molecule has 16 heavy (non-hydrogen) atoms. The van der Waals surface area contributed by atoms with Crippen LogP contribution in [-0.2, 0) is 6.42 Å². The van der Waals surface area contributed by atoms with Gasteiger partial charge in [0.2, 0.25) is 0 Å². The molecule has 0 fully saturated rings. The molecular weight excluding hydrogens is 270 g/mol. The van der Waals surface area contributed by atoms with Crippen molar-refractivity contribution in [3.63, 3.8) is 0 Å². The largest absolute Gasteiger partial charge is 0.497 e. The van der Waals surface area contributed by atoms with Crippen molar-refractivity contribution in [2.45, 2.75) is 19.3 Å². The molecule has 2 N–H and O–H groups in total. The second-order valence-corrected chi connectivity index (χ2v) is 4.39. The standard InChI is InChI=1S/C12H18BrNO2/c1-15-9-7-11(13)10(5-3-4-6-14)12(8-9)16-2/h7-8H,3-6,14H2,1-2H3. The molecule has 1 rings (SSSR count). The number of methoxy groups -OCH3 is 2. The molecule has 0 saturated heterocycles. The maximum absolute atomic E-state index is 5.48. The Hall–Kier alpha value is -0.740. The monoisotopic (exact) mass is 287 g/mol. The van der Waals surface area contributed by atoms with Crippen molar-refractivity contribution in [1.29, 1.82) is 0 Å². The van der Waals surface area contributed by atoms with Gasteiger partial charge in [-0.05, 0) is 31.9 Å². The molecule has 4 heteroatoms. The third-order valence-corrected chi connectivity index (χ3v) is 3.17. The van der Waals surface area contributed by atoms with Crippen LogP contribution in [0.4, 0.5) is 0 Å². The molecule has 0 saturated carbocycles. The highest BCUT2D eigenvalue weighted by Crippen LogP contribution is 2.33. The Morgan fingerprint density at radius 1 is 1.19 bits per heavy atom. The van der Waals surface area contributed by atoms with Gasteiger partial charge in [0.1, 0.15) is 11.5 Å². The van der Waals surface area contributed by atoms with Crippen LogP contribution >= 0.6 is 15.9 Å². The zero-order valence-electron chi connectivity index (χ0n) is 9.75. The Balaban J connectivity index is 2.88. The average Bonchev–Trinajstić information content (AvgIpc) is 2.30. The summed E-state index contributed by atoms with van der Waals surface area (Å²) in [7, 11) is 3.32. The van der Waals surface area contributed by atoms with Gasteiger partial charge < -0.3 is 15.2 Å². The van der Waals surface area contributed by atoms with Gasteiger partial charge in [0, 0.05) is 16.1 Å². The molecule has 0 aliphatic heterocycles. The number of nitrogens with two attached hydrogens (primary N) is 1. The molecule has 0 heterocycles. The van der Waals surface area contributed by atoms with Gasteiger partial charge >= 0.3 is 0 Å². The van der Waals surface area contributed by atoms with E-state index in [0.717, 1.165) is 41.8 Å². The fraction of sp³-hybridized carbons (Fsp3) is 0.500. The lowest BCUT2D eigenvalue weighted by atomic mass is 10.1. The van der Waals surface area contributed by atoms with E-state index in [0.29, 0.717) is 0 Å². The Kier molecular flexibility index (Phi) is 5.63. The molecule has 0 bridgehead atoms. The molecule has 0 aliphatic carbocycles. The molecule has 0 amide bonds. The van der Waals surface area contributed by atoms with Crippen molar-refractivity contribution in [3.8, 4) is 11.5 Å². The van der Waals surface area contributed by atoms with Crippen LogP contribution in [0.3, 0.4) is 0 Å². The third kappa shape index (κ3) is 3.39. The minimum atomic E-state index is 0.732. The van der Waals surface area contributed by atoms with E-state index in [2.05, 4.69) is 15.9 Å². The highest BCUT2D eigenvalue weighted by molar-refractivity contribution is 9.10. The van der Waals surface area contributed by atoms with Gasteiger partial charge in [-0.1, -0.05) is 15.9 Å². The quantitative estimate of drug-likeness (QED) is 0.819. The summed E-state index contributed by atoms with van der Waals surface area (Å²) in [6.45, 7) is 0.732. The van der Waals surface area contributed by atoms with Crippen LogP contribution in [0.15, 0.2) is 16.6 Å². The van der Waals surface area contributed by atoms with Crippen molar-refractivity contribution in [1.82, 2.24) is 0 Å². The second-order valence-electron chi connectivity index (χ2n) is 3.54. The first-order valence-corrected chi connectivity index (χ1v) is 6.12. The van der Waals surface area contributed by atoms with Gasteiger partial charge in [0.25, 0.3) is 0 Å². The second kappa shape index (κ2) is 6.76. The molecule has 0 radical (unpaired) electrons. The lowest BCUT2D eigenvalue weighted by molar-refractivity contribution is 0.390. The first-order chi connectivity index (χ1) is 7.72. The third-order valence-electron chi connectivity index (χ3n) is 2.46. The zero-order valence-corrected chi connectivity index (χ0v) is 11.3. The normalized spacial score (nSPS) is 10.2. The Morgan fingerprint density at radius 2 is 1.94 bits per heavy atom. The molecule has 0 aromatic heterocycles. The van der Waals surface area contributed by atoms with Gasteiger partial charge in [-0.15, -0.1) is 0 Å². The van der Waals surface area contributed by atoms with Crippen molar-refractivity contribution in [2.24, 2.45) is 5.73 Å². The number of benzene rings is 1. The van der Waals surface area contributed by atoms with E-state index in [9.17, 15) is 0 Å². The summed E-state index contributed by atoms with van der Waals surface area (Å²) in [5.41, 5.74) is 6.66. The lowest BCUT2D eigenvalue weighted by Crippen LogP contribution is -2.01. The molecule has 3 nitrogen and oxygen atoms in total. The number of hydrogen-bond donors (Lipinski definition) is 1. The first-order valence-electron chi connectivity index (χ1n) is 5.33. The summed E-state index contributed by atoms with van der Waals surface area (Å²) < 4.78 is 11.6. The zero-order chi connectivity index (χ0) is 12.0. The Labute approximate surface area is 105 Å². The van der Waals surface area contributed by atoms with Gasteiger partial charge in [-0.3, -0.25) is 0 Å². The summed E-state index contributed by atoms with van der Waals surface area (Å²) in [6, 6.07) is 3.86. The predicted octanol–water partition coefficient (Wildman–Crippen LogP) is 2.75. The van der Waals surface area contributed by atoms with Gasteiger partial charge in [-0.25, -0.2) is 0 Å². The summed E-state index contributed by atoms with van der Waals surface area (Å²) in [5.74, 6) is 1.66. The van der Waals surface area contributed by atoms with Crippen LogP contribution in [-0.4, -0.2) is 20.8 Å². The lowest BCUT2D eigenvalue weighted by Gasteiger charge is -2.12.